The lowest BCUT2D eigenvalue weighted by atomic mass is 9.68. The van der Waals surface area contributed by atoms with Gasteiger partial charge in [-0.25, -0.2) is 4.79 Å². The number of benzene rings is 1. The van der Waals surface area contributed by atoms with Crippen molar-refractivity contribution in [3.05, 3.63) is 35.9 Å². The average Bonchev–Trinajstić information content (AvgIpc) is 3.12. The Bertz CT molecular complexity index is 958. The number of urea groups is 1. The number of hydrogen-bond donors (Lipinski definition) is 2. The maximum atomic E-state index is 13.7. The number of aliphatic hydroxyl groups excluding tert-OH is 2. The highest BCUT2D eigenvalue weighted by Crippen LogP contribution is 2.49. The molecule has 0 radical (unpaired) electrons. The van der Waals surface area contributed by atoms with Gasteiger partial charge >= 0.3 is 6.03 Å². The monoisotopic (exact) mass is 512 g/mol. The number of nitrogens with zero attached hydrogens (tertiary/aromatic N) is 4. The van der Waals surface area contributed by atoms with E-state index < -0.39 is 12.2 Å². The molecule has 0 aromatic heterocycles. The normalized spacial score (nSPS) is 32.9. The van der Waals surface area contributed by atoms with E-state index in [0.29, 0.717) is 32.0 Å². The number of carbonyl (C=O) groups is 2. The topological polar surface area (TPSA) is 87.6 Å². The second-order valence-electron chi connectivity index (χ2n) is 12.1. The molecule has 5 rings (SSSR count). The fourth-order valence-electron chi connectivity index (χ4n) is 7.10. The van der Waals surface area contributed by atoms with Crippen molar-refractivity contribution in [3.63, 3.8) is 0 Å². The lowest BCUT2D eigenvalue weighted by Crippen LogP contribution is -2.56. The Kier molecular flexibility index (Phi) is 7.53. The number of piperidine rings is 1. The Balaban J connectivity index is 1.29. The van der Waals surface area contributed by atoms with Crippen LogP contribution in [0.4, 0.5) is 4.79 Å². The van der Waals surface area contributed by atoms with Crippen LogP contribution in [0.3, 0.4) is 0 Å². The van der Waals surface area contributed by atoms with Crippen LogP contribution in [0, 0.1) is 5.92 Å². The van der Waals surface area contributed by atoms with Gasteiger partial charge in [0.05, 0.1) is 17.7 Å². The predicted octanol–water partition coefficient (Wildman–Crippen LogP) is 2.64. The number of rotatable bonds is 7. The molecule has 2 aliphatic carbocycles. The average molecular weight is 513 g/mol. The number of likely N-dealkylation sites (tertiary alicyclic amines) is 1. The van der Waals surface area contributed by atoms with Crippen LogP contribution in [-0.4, -0.2) is 106 Å². The van der Waals surface area contributed by atoms with Crippen LogP contribution in [-0.2, 0) is 10.3 Å². The van der Waals surface area contributed by atoms with Gasteiger partial charge in [-0.2, -0.15) is 0 Å². The number of aliphatic hydroxyl groups is 2. The zero-order valence-corrected chi connectivity index (χ0v) is 22.5. The van der Waals surface area contributed by atoms with Crippen LogP contribution in [0.2, 0.25) is 0 Å². The molecule has 2 saturated heterocycles. The Labute approximate surface area is 221 Å². The van der Waals surface area contributed by atoms with Gasteiger partial charge in [0.1, 0.15) is 0 Å². The maximum Gasteiger partial charge on any atom is 0.320 e. The van der Waals surface area contributed by atoms with Crippen molar-refractivity contribution in [2.24, 2.45) is 5.92 Å². The lowest BCUT2D eigenvalue weighted by Gasteiger charge is -2.51. The first-order valence-electron chi connectivity index (χ1n) is 14.2. The molecule has 8 heteroatoms. The highest BCUT2D eigenvalue weighted by Gasteiger charge is 2.54. The molecule has 1 aromatic rings. The maximum absolute atomic E-state index is 13.7. The zero-order chi connectivity index (χ0) is 26.2. The van der Waals surface area contributed by atoms with E-state index in [-0.39, 0.29) is 36.0 Å². The summed E-state index contributed by atoms with van der Waals surface area (Å²) in [5.41, 5.74) is 1.15. The first-order chi connectivity index (χ1) is 17.7. The molecule has 2 aliphatic heterocycles. The SMILES string of the molecule is CN(C)C1(c2ccccc2)CCC2(CC1)CN(CCC(=O)N1CC[C@H](O)[C@H](O)C1)C(=O)N2CC1CCC1. The van der Waals surface area contributed by atoms with E-state index in [1.165, 1.54) is 24.8 Å². The summed E-state index contributed by atoms with van der Waals surface area (Å²) in [7, 11) is 4.34. The van der Waals surface area contributed by atoms with Gasteiger partial charge < -0.3 is 24.9 Å². The quantitative estimate of drug-likeness (QED) is 0.587. The summed E-state index contributed by atoms with van der Waals surface area (Å²) in [5.74, 6) is 0.544. The fraction of sp³-hybridized carbons (Fsp3) is 0.724. The van der Waals surface area contributed by atoms with Crippen LogP contribution in [0.5, 0.6) is 0 Å². The van der Waals surface area contributed by atoms with E-state index in [4.69, 9.17) is 0 Å². The molecule has 0 bridgehead atoms. The van der Waals surface area contributed by atoms with Crippen LogP contribution >= 0.6 is 0 Å². The molecular formula is C29H44N4O4. The van der Waals surface area contributed by atoms with E-state index in [0.717, 1.165) is 32.2 Å². The zero-order valence-electron chi connectivity index (χ0n) is 22.5. The smallest absolute Gasteiger partial charge is 0.320 e. The van der Waals surface area contributed by atoms with Crippen molar-refractivity contribution in [3.8, 4) is 0 Å². The van der Waals surface area contributed by atoms with Crippen molar-refractivity contribution in [2.75, 3.05) is 46.8 Å². The van der Waals surface area contributed by atoms with E-state index in [9.17, 15) is 19.8 Å². The summed E-state index contributed by atoms with van der Waals surface area (Å²) >= 11 is 0. The molecule has 8 nitrogen and oxygen atoms in total. The van der Waals surface area contributed by atoms with E-state index in [1.54, 1.807) is 4.90 Å². The minimum atomic E-state index is -0.892. The van der Waals surface area contributed by atoms with Gasteiger partial charge in [-0.3, -0.25) is 9.69 Å². The Morgan fingerprint density at radius 1 is 1.03 bits per heavy atom. The Morgan fingerprint density at radius 3 is 2.32 bits per heavy atom. The van der Waals surface area contributed by atoms with E-state index in [2.05, 4.69) is 54.2 Å². The number of amides is 3. The molecule has 2 saturated carbocycles. The summed E-state index contributed by atoms with van der Waals surface area (Å²) < 4.78 is 0. The number of hydrogen-bond acceptors (Lipinski definition) is 5. The lowest BCUT2D eigenvalue weighted by molar-refractivity contribution is -0.137. The first kappa shape index (κ1) is 26.4. The summed E-state index contributed by atoms with van der Waals surface area (Å²) in [6.45, 7) is 2.55. The standard InChI is InChI=1S/C29H44N4O4/c1-30(2)29(23-9-4-3-5-10-23)15-13-28(14-16-29)21-32(27(37)33(28)19-22-7-6-8-22)18-12-26(36)31-17-11-24(34)25(35)20-31/h3-5,9-10,22,24-25,34-35H,6-8,11-21H2,1-2H3/t24-,25+,28?,29?/m0/s1. The molecule has 2 heterocycles. The summed E-state index contributed by atoms with van der Waals surface area (Å²) in [6.07, 6.45) is 6.57. The third-order valence-corrected chi connectivity index (χ3v) is 9.89. The van der Waals surface area contributed by atoms with Crippen molar-refractivity contribution in [2.45, 2.75) is 81.1 Å². The third-order valence-electron chi connectivity index (χ3n) is 9.89. The van der Waals surface area contributed by atoms with Gasteiger partial charge in [0.2, 0.25) is 5.91 Å². The van der Waals surface area contributed by atoms with Crippen molar-refractivity contribution >= 4 is 11.9 Å². The molecule has 3 amide bonds. The van der Waals surface area contributed by atoms with Crippen molar-refractivity contribution in [1.82, 2.24) is 19.6 Å². The molecule has 1 spiro atoms. The van der Waals surface area contributed by atoms with Gasteiger partial charge in [0.25, 0.3) is 0 Å². The van der Waals surface area contributed by atoms with Crippen molar-refractivity contribution in [1.29, 1.82) is 0 Å². The van der Waals surface area contributed by atoms with Crippen LogP contribution in [0.25, 0.3) is 0 Å². The minimum absolute atomic E-state index is 0.0270. The van der Waals surface area contributed by atoms with Gasteiger partial charge in [0.15, 0.2) is 0 Å². The molecule has 2 atom stereocenters. The Hall–Kier alpha value is -2.16. The summed E-state index contributed by atoms with van der Waals surface area (Å²) in [4.78, 5) is 34.7. The van der Waals surface area contributed by atoms with Crippen molar-refractivity contribution < 1.29 is 19.8 Å². The molecule has 4 fully saturated rings. The molecule has 204 valence electrons. The molecule has 2 N–H and O–H groups in total. The molecule has 4 aliphatic rings. The van der Waals surface area contributed by atoms with Gasteiger partial charge in [-0.1, -0.05) is 36.8 Å². The second kappa shape index (κ2) is 10.5. The van der Waals surface area contributed by atoms with Gasteiger partial charge in [0, 0.05) is 44.7 Å². The summed E-state index contributed by atoms with van der Waals surface area (Å²) in [6, 6.07) is 10.9. The number of β-amino-alcohol motifs (C(OH)–C–C–N with tert-alkyl or cyclic N) is 1. The largest absolute Gasteiger partial charge is 0.390 e. The summed E-state index contributed by atoms with van der Waals surface area (Å²) in [5, 5.41) is 19.8. The van der Waals surface area contributed by atoms with Crippen LogP contribution in [0.15, 0.2) is 30.3 Å². The highest BCUT2D eigenvalue weighted by atomic mass is 16.3. The molecule has 0 unspecified atom stereocenters. The minimum Gasteiger partial charge on any atom is -0.390 e. The molecular weight excluding hydrogens is 468 g/mol. The van der Waals surface area contributed by atoms with E-state index in [1.807, 2.05) is 4.90 Å². The van der Waals surface area contributed by atoms with Gasteiger partial charge in [-0.05, 0) is 70.5 Å². The molecule has 37 heavy (non-hydrogen) atoms. The van der Waals surface area contributed by atoms with Crippen LogP contribution in [0.1, 0.15) is 63.4 Å². The van der Waals surface area contributed by atoms with E-state index >= 15 is 0 Å². The second-order valence-corrected chi connectivity index (χ2v) is 12.1. The fourth-order valence-corrected chi connectivity index (χ4v) is 7.10. The molecule has 1 aromatic carbocycles. The van der Waals surface area contributed by atoms with Crippen LogP contribution < -0.4 is 0 Å². The number of carbonyl (C=O) groups excluding carboxylic acids is 2. The highest BCUT2D eigenvalue weighted by molar-refractivity contribution is 5.80. The predicted molar refractivity (Wildman–Crippen MR) is 142 cm³/mol. The van der Waals surface area contributed by atoms with Gasteiger partial charge in [-0.15, -0.1) is 0 Å². The third kappa shape index (κ3) is 5.00. The first-order valence-corrected chi connectivity index (χ1v) is 14.2. The Morgan fingerprint density at radius 2 is 1.73 bits per heavy atom.